The number of anilines is 1. The van der Waals surface area contributed by atoms with Crippen molar-refractivity contribution in [1.29, 1.82) is 0 Å². The molecule has 0 fully saturated rings. The minimum Gasteiger partial charge on any atom is -0.348 e. The number of rotatable bonds is 5. The Morgan fingerprint density at radius 3 is 2.39 bits per heavy atom. The van der Waals surface area contributed by atoms with Gasteiger partial charge in [0, 0.05) is 17.3 Å². The minimum absolute atomic E-state index is 0.148. The topological polar surface area (TPSA) is 75.3 Å². The molecule has 0 saturated carbocycles. The van der Waals surface area contributed by atoms with Crippen molar-refractivity contribution < 1.29 is 13.2 Å². The van der Waals surface area contributed by atoms with E-state index >= 15 is 0 Å². The summed E-state index contributed by atoms with van der Waals surface area (Å²) in [4.78, 5) is 12.2. The molecule has 0 spiro atoms. The predicted molar refractivity (Wildman–Crippen MR) is 92.5 cm³/mol. The van der Waals surface area contributed by atoms with Gasteiger partial charge in [0.15, 0.2) is 0 Å². The lowest BCUT2D eigenvalue weighted by Gasteiger charge is -2.10. The molecule has 8 heteroatoms. The zero-order valence-corrected chi connectivity index (χ0v) is 14.5. The van der Waals surface area contributed by atoms with Gasteiger partial charge in [0.2, 0.25) is 10.0 Å². The molecule has 0 aliphatic carbocycles. The van der Waals surface area contributed by atoms with Gasteiger partial charge in [-0.1, -0.05) is 41.4 Å². The lowest BCUT2D eigenvalue weighted by Crippen LogP contribution is -2.23. The van der Waals surface area contributed by atoms with Crippen molar-refractivity contribution in [1.82, 2.24) is 5.32 Å². The molecule has 0 bridgehead atoms. The number of halogens is 2. The molecule has 1 amide bonds. The Hall–Kier alpha value is -1.76. The zero-order valence-electron chi connectivity index (χ0n) is 12.1. The second-order valence-electron chi connectivity index (χ2n) is 4.84. The SMILES string of the molecule is CS(=O)(=O)Nc1ccc(C(=O)NCc2ccccc2Cl)c(Cl)c1. The van der Waals surface area contributed by atoms with E-state index in [9.17, 15) is 13.2 Å². The Labute approximate surface area is 144 Å². The fraction of sp³-hybridized carbons (Fsp3) is 0.133. The van der Waals surface area contributed by atoms with Gasteiger partial charge in [-0.2, -0.15) is 0 Å². The summed E-state index contributed by atoms with van der Waals surface area (Å²) in [6.07, 6.45) is 1.03. The summed E-state index contributed by atoms with van der Waals surface area (Å²) in [5.74, 6) is -0.374. The van der Waals surface area contributed by atoms with Gasteiger partial charge < -0.3 is 5.32 Å². The summed E-state index contributed by atoms with van der Waals surface area (Å²) in [6, 6.07) is 11.5. The van der Waals surface area contributed by atoms with Crippen molar-refractivity contribution in [3.63, 3.8) is 0 Å². The second-order valence-corrected chi connectivity index (χ2v) is 7.41. The van der Waals surface area contributed by atoms with E-state index in [1.165, 1.54) is 18.2 Å². The monoisotopic (exact) mass is 372 g/mol. The van der Waals surface area contributed by atoms with Crippen LogP contribution in [0.15, 0.2) is 42.5 Å². The van der Waals surface area contributed by atoms with E-state index in [0.29, 0.717) is 10.7 Å². The van der Waals surface area contributed by atoms with Crippen molar-refractivity contribution >= 4 is 44.8 Å². The predicted octanol–water partition coefficient (Wildman–Crippen LogP) is 3.29. The third-order valence-electron chi connectivity index (χ3n) is 2.91. The smallest absolute Gasteiger partial charge is 0.253 e. The van der Waals surface area contributed by atoms with Crippen LogP contribution in [0, 0.1) is 0 Å². The molecular formula is C15H14Cl2N2O3S. The van der Waals surface area contributed by atoms with Gasteiger partial charge in [-0.15, -0.1) is 0 Å². The van der Waals surface area contributed by atoms with Gasteiger partial charge in [0.05, 0.1) is 16.8 Å². The summed E-state index contributed by atoms with van der Waals surface area (Å²) in [6.45, 7) is 0.262. The normalized spacial score (nSPS) is 11.1. The number of amides is 1. The van der Waals surface area contributed by atoms with E-state index < -0.39 is 10.0 Å². The van der Waals surface area contributed by atoms with Crippen LogP contribution in [-0.2, 0) is 16.6 Å². The molecule has 2 aromatic rings. The van der Waals surface area contributed by atoms with Crippen LogP contribution in [-0.4, -0.2) is 20.6 Å². The van der Waals surface area contributed by atoms with Crippen molar-refractivity contribution in [2.24, 2.45) is 0 Å². The van der Waals surface area contributed by atoms with E-state index in [1.54, 1.807) is 12.1 Å². The summed E-state index contributed by atoms with van der Waals surface area (Å²) < 4.78 is 24.6. The van der Waals surface area contributed by atoms with E-state index in [4.69, 9.17) is 23.2 Å². The number of nitrogens with one attached hydrogen (secondary N) is 2. The number of carbonyl (C=O) groups excluding carboxylic acids is 1. The first kappa shape index (κ1) is 17.6. The molecule has 2 N–H and O–H groups in total. The molecule has 2 rings (SSSR count). The fourth-order valence-corrected chi connectivity index (χ4v) is 2.91. The molecule has 0 saturated heterocycles. The average molecular weight is 373 g/mol. The fourth-order valence-electron chi connectivity index (χ4n) is 1.89. The molecule has 0 radical (unpaired) electrons. The standard InChI is InChI=1S/C15H14Cl2N2O3S/c1-23(21,22)19-11-6-7-12(14(17)8-11)15(20)18-9-10-4-2-3-5-13(10)16/h2-8,19H,9H2,1H3,(H,18,20). The van der Waals surface area contributed by atoms with Crippen LogP contribution in [0.5, 0.6) is 0 Å². The molecule has 0 aromatic heterocycles. The maximum Gasteiger partial charge on any atom is 0.253 e. The minimum atomic E-state index is -3.40. The molecule has 0 atom stereocenters. The van der Waals surface area contributed by atoms with Crippen LogP contribution < -0.4 is 10.0 Å². The van der Waals surface area contributed by atoms with Crippen molar-refractivity contribution in [3.05, 3.63) is 63.6 Å². The van der Waals surface area contributed by atoms with Gasteiger partial charge in [-0.05, 0) is 29.8 Å². The lowest BCUT2D eigenvalue weighted by atomic mass is 10.1. The van der Waals surface area contributed by atoms with E-state index in [1.807, 2.05) is 12.1 Å². The van der Waals surface area contributed by atoms with E-state index in [-0.39, 0.29) is 23.0 Å². The summed E-state index contributed by atoms with van der Waals surface area (Å²) in [5.41, 5.74) is 1.33. The molecule has 2 aromatic carbocycles. The van der Waals surface area contributed by atoms with Crippen LogP contribution in [0.1, 0.15) is 15.9 Å². The molecular weight excluding hydrogens is 359 g/mol. The maximum absolute atomic E-state index is 12.2. The second kappa shape index (κ2) is 7.21. The van der Waals surface area contributed by atoms with Gasteiger partial charge >= 0.3 is 0 Å². The Morgan fingerprint density at radius 2 is 1.78 bits per heavy atom. The third kappa shape index (κ3) is 5.13. The Morgan fingerprint density at radius 1 is 1.09 bits per heavy atom. The van der Waals surface area contributed by atoms with Crippen LogP contribution in [0.4, 0.5) is 5.69 Å². The van der Waals surface area contributed by atoms with E-state index in [2.05, 4.69) is 10.0 Å². The molecule has 23 heavy (non-hydrogen) atoms. The molecule has 0 aliphatic heterocycles. The molecule has 5 nitrogen and oxygen atoms in total. The highest BCUT2D eigenvalue weighted by Gasteiger charge is 2.12. The van der Waals surface area contributed by atoms with Crippen LogP contribution >= 0.6 is 23.2 Å². The summed E-state index contributed by atoms with van der Waals surface area (Å²) in [7, 11) is -3.40. The quantitative estimate of drug-likeness (QED) is 0.845. The molecule has 0 aliphatic rings. The van der Waals surface area contributed by atoms with Crippen molar-refractivity contribution in [3.8, 4) is 0 Å². The van der Waals surface area contributed by atoms with E-state index in [0.717, 1.165) is 11.8 Å². The highest BCUT2D eigenvalue weighted by atomic mass is 35.5. The Balaban J connectivity index is 2.09. The largest absolute Gasteiger partial charge is 0.348 e. The summed E-state index contributed by atoms with van der Waals surface area (Å²) in [5, 5.41) is 3.43. The Bertz CT molecular complexity index is 838. The van der Waals surface area contributed by atoms with Gasteiger partial charge in [-0.3, -0.25) is 9.52 Å². The number of carbonyl (C=O) groups is 1. The highest BCUT2D eigenvalue weighted by molar-refractivity contribution is 7.92. The van der Waals surface area contributed by atoms with Crippen LogP contribution in [0.3, 0.4) is 0 Å². The number of benzene rings is 2. The van der Waals surface area contributed by atoms with Crippen LogP contribution in [0.25, 0.3) is 0 Å². The van der Waals surface area contributed by atoms with Gasteiger partial charge in [-0.25, -0.2) is 8.42 Å². The van der Waals surface area contributed by atoms with Crippen LogP contribution in [0.2, 0.25) is 10.0 Å². The molecule has 122 valence electrons. The third-order valence-corrected chi connectivity index (χ3v) is 4.20. The first-order chi connectivity index (χ1) is 10.8. The highest BCUT2D eigenvalue weighted by Crippen LogP contribution is 2.22. The number of hydrogen-bond acceptors (Lipinski definition) is 3. The molecule has 0 heterocycles. The van der Waals surface area contributed by atoms with Gasteiger partial charge in [0.25, 0.3) is 5.91 Å². The van der Waals surface area contributed by atoms with Crippen molar-refractivity contribution in [2.45, 2.75) is 6.54 Å². The Kier molecular flexibility index (Phi) is 5.51. The van der Waals surface area contributed by atoms with Crippen molar-refractivity contribution in [2.75, 3.05) is 11.0 Å². The first-order valence-electron chi connectivity index (χ1n) is 6.55. The molecule has 0 unspecified atom stereocenters. The number of hydrogen-bond donors (Lipinski definition) is 2. The zero-order chi connectivity index (χ0) is 17.0. The summed E-state index contributed by atoms with van der Waals surface area (Å²) >= 11 is 12.1. The first-order valence-corrected chi connectivity index (χ1v) is 9.20. The lowest BCUT2D eigenvalue weighted by molar-refractivity contribution is 0.0951. The number of sulfonamides is 1. The average Bonchev–Trinajstić information content (AvgIpc) is 2.44. The van der Waals surface area contributed by atoms with Gasteiger partial charge in [0.1, 0.15) is 0 Å². The maximum atomic E-state index is 12.2.